The van der Waals surface area contributed by atoms with Gasteiger partial charge in [-0.1, -0.05) is 24.3 Å². The number of carbonyl (C=O) groups excluding carboxylic acids is 1. The maximum atomic E-state index is 12.9. The fourth-order valence-electron chi connectivity index (χ4n) is 3.60. The standard InChI is InChI=1S/C19H22N4O2/c24-19(18-16-5-2-1-4-14(16)9-13-25-18)23-11-7-15(8-12-23)21-17-6-3-10-20-22-17/h1-6,10,15,18H,7-9,11-13H2,(H,21,22). The van der Waals surface area contributed by atoms with E-state index in [-0.39, 0.29) is 5.91 Å². The fourth-order valence-corrected chi connectivity index (χ4v) is 3.60. The van der Waals surface area contributed by atoms with Crippen LogP contribution in [0.3, 0.4) is 0 Å². The largest absolute Gasteiger partial charge is 0.366 e. The first-order valence-electron chi connectivity index (χ1n) is 8.84. The molecule has 130 valence electrons. The molecule has 0 aliphatic carbocycles. The fraction of sp³-hybridized carbons (Fsp3) is 0.421. The van der Waals surface area contributed by atoms with E-state index in [2.05, 4.69) is 21.6 Å². The summed E-state index contributed by atoms with van der Waals surface area (Å²) in [5.41, 5.74) is 2.25. The van der Waals surface area contributed by atoms with E-state index >= 15 is 0 Å². The summed E-state index contributed by atoms with van der Waals surface area (Å²) in [5.74, 6) is 0.877. The Bertz CT molecular complexity index is 729. The minimum absolute atomic E-state index is 0.0881. The van der Waals surface area contributed by atoms with Gasteiger partial charge in [0.05, 0.1) is 6.61 Å². The number of carbonyl (C=O) groups is 1. The molecule has 1 N–H and O–H groups in total. The first-order chi connectivity index (χ1) is 12.3. The van der Waals surface area contributed by atoms with E-state index in [1.54, 1.807) is 6.20 Å². The Balaban J connectivity index is 1.37. The lowest BCUT2D eigenvalue weighted by atomic mass is 9.96. The number of fused-ring (bicyclic) bond motifs is 1. The molecular formula is C19H22N4O2. The normalized spacial score (nSPS) is 20.8. The second-order valence-electron chi connectivity index (χ2n) is 6.55. The molecule has 1 unspecified atom stereocenters. The van der Waals surface area contributed by atoms with E-state index in [0.717, 1.165) is 43.7 Å². The van der Waals surface area contributed by atoms with Gasteiger partial charge in [0.1, 0.15) is 5.82 Å². The molecule has 0 radical (unpaired) electrons. The van der Waals surface area contributed by atoms with Gasteiger partial charge < -0.3 is 15.0 Å². The number of piperidine rings is 1. The number of nitrogens with one attached hydrogen (secondary N) is 1. The molecule has 0 saturated carbocycles. The maximum Gasteiger partial charge on any atom is 0.256 e. The number of anilines is 1. The van der Waals surface area contributed by atoms with Gasteiger partial charge in [-0.25, -0.2) is 0 Å². The summed E-state index contributed by atoms with van der Waals surface area (Å²) in [6.07, 6.45) is 3.89. The summed E-state index contributed by atoms with van der Waals surface area (Å²) in [6.45, 7) is 2.08. The number of ether oxygens (including phenoxy) is 1. The molecule has 1 amide bonds. The zero-order valence-corrected chi connectivity index (χ0v) is 14.1. The molecule has 1 aromatic carbocycles. The smallest absolute Gasteiger partial charge is 0.256 e. The molecule has 3 heterocycles. The maximum absolute atomic E-state index is 12.9. The number of nitrogens with zero attached hydrogens (tertiary/aromatic N) is 3. The van der Waals surface area contributed by atoms with Gasteiger partial charge in [-0.15, -0.1) is 5.10 Å². The zero-order valence-electron chi connectivity index (χ0n) is 14.1. The van der Waals surface area contributed by atoms with Crippen molar-refractivity contribution in [2.45, 2.75) is 31.4 Å². The Hall–Kier alpha value is -2.47. The van der Waals surface area contributed by atoms with Crippen LogP contribution in [0.5, 0.6) is 0 Å². The second-order valence-corrected chi connectivity index (χ2v) is 6.55. The lowest BCUT2D eigenvalue weighted by Gasteiger charge is -2.36. The van der Waals surface area contributed by atoms with Crippen LogP contribution in [0.15, 0.2) is 42.6 Å². The van der Waals surface area contributed by atoms with Crippen LogP contribution in [0.25, 0.3) is 0 Å². The Kier molecular flexibility index (Phi) is 4.61. The molecule has 1 saturated heterocycles. The van der Waals surface area contributed by atoms with Crippen molar-refractivity contribution in [3.05, 3.63) is 53.7 Å². The average molecular weight is 338 g/mol. The second kappa shape index (κ2) is 7.19. The molecule has 2 aliphatic rings. The molecule has 25 heavy (non-hydrogen) atoms. The third-order valence-corrected chi connectivity index (χ3v) is 4.95. The van der Waals surface area contributed by atoms with E-state index in [0.29, 0.717) is 12.6 Å². The molecule has 6 nitrogen and oxygen atoms in total. The highest BCUT2D eigenvalue weighted by atomic mass is 16.5. The minimum Gasteiger partial charge on any atom is -0.366 e. The van der Waals surface area contributed by atoms with E-state index < -0.39 is 6.10 Å². The van der Waals surface area contributed by atoms with Crippen molar-refractivity contribution in [3.8, 4) is 0 Å². The van der Waals surface area contributed by atoms with Gasteiger partial charge in [-0.2, -0.15) is 5.10 Å². The highest BCUT2D eigenvalue weighted by molar-refractivity contribution is 5.83. The number of hydrogen-bond donors (Lipinski definition) is 1. The third kappa shape index (κ3) is 3.49. The number of rotatable bonds is 3. The van der Waals surface area contributed by atoms with Crippen molar-refractivity contribution in [1.82, 2.24) is 15.1 Å². The molecule has 1 aromatic heterocycles. The van der Waals surface area contributed by atoms with Gasteiger partial charge >= 0.3 is 0 Å². The lowest BCUT2D eigenvalue weighted by Crippen LogP contribution is -2.45. The molecule has 0 spiro atoms. The monoisotopic (exact) mass is 338 g/mol. The average Bonchev–Trinajstić information content (AvgIpc) is 2.68. The van der Waals surface area contributed by atoms with E-state index in [1.807, 2.05) is 35.2 Å². The van der Waals surface area contributed by atoms with Crippen LogP contribution >= 0.6 is 0 Å². The lowest BCUT2D eigenvalue weighted by molar-refractivity contribution is -0.146. The topological polar surface area (TPSA) is 67.3 Å². The Morgan fingerprint density at radius 3 is 2.80 bits per heavy atom. The summed E-state index contributed by atoms with van der Waals surface area (Å²) in [4.78, 5) is 14.9. The minimum atomic E-state index is -0.450. The van der Waals surface area contributed by atoms with Crippen molar-refractivity contribution >= 4 is 11.7 Å². The highest BCUT2D eigenvalue weighted by Crippen LogP contribution is 2.29. The van der Waals surface area contributed by atoms with Gasteiger partial charge in [0.15, 0.2) is 6.10 Å². The van der Waals surface area contributed by atoms with Crippen molar-refractivity contribution in [2.24, 2.45) is 0 Å². The summed E-state index contributed by atoms with van der Waals surface area (Å²) in [7, 11) is 0. The SMILES string of the molecule is O=C(C1OCCc2ccccc21)N1CCC(Nc2cccnn2)CC1. The van der Waals surface area contributed by atoms with E-state index in [4.69, 9.17) is 4.74 Å². The number of aromatic nitrogens is 2. The van der Waals surface area contributed by atoms with Crippen LogP contribution < -0.4 is 5.32 Å². The Morgan fingerprint density at radius 2 is 2.00 bits per heavy atom. The van der Waals surface area contributed by atoms with Crippen LogP contribution in [0, 0.1) is 0 Å². The summed E-state index contributed by atoms with van der Waals surface area (Å²) < 4.78 is 5.82. The van der Waals surface area contributed by atoms with Gasteiger partial charge in [-0.3, -0.25) is 4.79 Å². The van der Waals surface area contributed by atoms with Crippen LogP contribution in [-0.2, 0) is 16.0 Å². The molecule has 1 fully saturated rings. The van der Waals surface area contributed by atoms with E-state index in [9.17, 15) is 4.79 Å². The molecule has 2 aromatic rings. The van der Waals surface area contributed by atoms with Crippen molar-refractivity contribution in [2.75, 3.05) is 25.0 Å². The summed E-state index contributed by atoms with van der Waals surface area (Å²) in [6, 6.07) is 12.2. The van der Waals surface area contributed by atoms with E-state index in [1.165, 1.54) is 5.56 Å². The van der Waals surface area contributed by atoms with Crippen molar-refractivity contribution in [3.63, 3.8) is 0 Å². The van der Waals surface area contributed by atoms with Gasteiger partial charge in [0.2, 0.25) is 0 Å². The number of hydrogen-bond acceptors (Lipinski definition) is 5. The summed E-state index contributed by atoms with van der Waals surface area (Å²) >= 11 is 0. The Morgan fingerprint density at radius 1 is 1.16 bits per heavy atom. The molecule has 2 aliphatic heterocycles. The van der Waals surface area contributed by atoms with Crippen LogP contribution in [0.1, 0.15) is 30.1 Å². The molecule has 1 atom stereocenters. The third-order valence-electron chi connectivity index (χ3n) is 4.95. The predicted molar refractivity (Wildman–Crippen MR) is 94.1 cm³/mol. The first kappa shape index (κ1) is 16.0. The first-order valence-corrected chi connectivity index (χ1v) is 8.84. The van der Waals surface area contributed by atoms with Crippen LogP contribution in [0.4, 0.5) is 5.82 Å². The number of likely N-dealkylation sites (tertiary alicyclic amines) is 1. The molecule has 6 heteroatoms. The van der Waals surface area contributed by atoms with Crippen LogP contribution in [0.2, 0.25) is 0 Å². The van der Waals surface area contributed by atoms with Gasteiger partial charge in [0, 0.05) is 25.3 Å². The molecular weight excluding hydrogens is 316 g/mol. The zero-order chi connectivity index (χ0) is 17.1. The number of amides is 1. The van der Waals surface area contributed by atoms with Crippen molar-refractivity contribution < 1.29 is 9.53 Å². The highest BCUT2D eigenvalue weighted by Gasteiger charge is 2.32. The van der Waals surface area contributed by atoms with Crippen LogP contribution in [-0.4, -0.2) is 46.7 Å². The Labute approximate surface area is 147 Å². The van der Waals surface area contributed by atoms with Gasteiger partial charge in [-0.05, 0) is 42.5 Å². The van der Waals surface area contributed by atoms with Crippen molar-refractivity contribution in [1.29, 1.82) is 0 Å². The quantitative estimate of drug-likeness (QED) is 0.929. The molecule has 0 bridgehead atoms. The summed E-state index contributed by atoms with van der Waals surface area (Å²) in [5, 5.41) is 11.3. The molecule has 4 rings (SSSR count). The predicted octanol–water partition coefficient (Wildman–Crippen LogP) is 2.19. The number of benzene rings is 1. The van der Waals surface area contributed by atoms with Gasteiger partial charge in [0.25, 0.3) is 5.91 Å².